The smallest absolute Gasteiger partial charge is 0.307 e. The first kappa shape index (κ1) is 17.7. The summed E-state index contributed by atoms with van der Waals surface area (Å²) in [6.45, 7) is 0. The minimum absolute atomic E-state index is 0.0270. The van der Waals surface area contributed by atoms with E-state index in [-0.39, 0.29) is 18.6 Å². The molecule has 2 aromatic rings. The van der Waals surface area contributed by atoms with Gasteiger partial charge in [-0.1, -0.05) is 41.9 Å². The Labute approximate surface area is 144 Å². The molecule has 0 aliphatic carbocycles. The van der Waals surface area contributed by atoms with Crippen molar-refractivity contribution in [3.05, 3.63) is 70.7 Å². The van der Waals surface area contributed by atoms with Crippen LogP contribution in [-0.2, 0) is 14.3 Å². The number of hydrogen-bond acceptors (Lipinski definition) is 4. The molecule has 0 heterocycles. The Kier molecular flexibility index (Phi) is 6.09. The molecule has 6 heteroatoms. The number of esters is 1. The number of halogens is 1. The highest BCUT2D eigenvalue weighted by Crippen LogP contribution is 2.18. The summed E-state index contributed by atoms with van der Waals surface area (Å²) < 4.78 is 5.12. The van der Waals surface area contributed by atoms with Crippen molar-refractivity contribution in [2.75, 3.05) is 0 Å². The standard InChI is InChI=1S/C18H16ClNO4/c19-14-8-6-12(7-9-14)15(21)10-11-16(22)24-17(18(20)23)13-4-2-1-3-5-13/h1-9,17H,10-11H2,(H2,20,23). The van der Waals surface area contributed by atoms with Gasteiger partial charge in [-0.05, 0) is 24.3 Å². The van der Waals surface area contributed by atoms with Gasteiger partial charge in [0.15, 0.2) is 5.78 Å². The van der Waals surface area contributed by atoms with Crippen molar-refractivity contribution < 1.29 is 19.1 Å². The highest BCUT2D eigenvalue weighted by atomic mass is 35.5. The molecule has 5 nitrogen and oxygen atoms in total. The van der Waals surface area contributed by atoms with Crippen molar-refractivity contribution in [1.29, 1.82) is 0 Å². The summed E-state index contributed by atoms with van der Waals surface area (Å²) in [5.41, 5.74) is 6.23. The molecule has 2 rings (SSSR count). The molecular weight excluding hydrogens is 330 g/mol. The maximum Gasteiger partial charge on any atom is 0.307 e. The van der Waals surface area contributed by atoms with Crippen LogP contribution in [-0.4, -0.2) is 17.7 Å². The average molecular weight is 346 g/mol. The van der Waals surface area contributed by atoms with Gasteiger partial charge in [-0.15, -0.1) is 0 Å². The van der Waals surface area contributed by atoms with E-state index in [1.807, 2.05) is 0 Å². The Morgan fingerprint density at radius 3 is 2.17 bits per heavy atom. The number of carbonyl (C=O) groups is 3. The number of carbonyl (C=O) groups excluding carboxylic acids is 3. The second-order valence-electron chi connectivity index (χ2n) is 5.11. The van der Waals surface area contributed by atoms with E-state index in [1.165, 1.54) is 0 Å². The third-order valence-electron chi connectivity index (χ3n) is 3.33. The first-order chi connectivity index (χ1) is 11.5. The van der Waals surface area contributed by atoms with Crippen LogP contribution in [0.3, 0.4) is 0 Å². The van der Waals surface area contributed by atoms with Crippen LogP contribution < -0.4 is 5.73 Å². The monoisotopic (exact) mass is 345 g/mol. The van der Waals surface area contributed by atoms with Gasteiger partial charge in [-0.3, -0.25) is 14.4 Å². The minimum atomic E-state index is -1.16. The highest BCUT2D eigenvalue weighted by molar-refractivity contribution is 6.30. The van der Waals surface area contributed by atoms with Crippen molar-refractivity contribution in [1.82, 2.24) is 0 Å². The van der Waals surface area contributed by atoms with Crippen molar-refractivity contribution in [3.63, 3.8) is 0 Å². The number of amides is 1. The van der Waals surface area contributed by atoms with E-state index in [0.29, 0.717) is 16.1 Å². The minimum Gasteiger partial charge on any atom is -0.447 e. The van der Waals surface area contributed by atoms with E-state index in [4.69, 9.17) is 22.1 Å². The van der Waals surface area contributed by atoms with E-state index in [0.717, 1.165) is 0 Å². The third-order valence-corrected chi connectivity index (χ3v) is 3.58. The molecule has 0 saturated carbocycles. The van der Waals surface area contributed by atoms with E-state index in [2.05, 4.69) is 0 Å². The fraction of sp³-hybridized carbons (Fsp3) is 0.167. The molecule has 0 bridgehead atoms. The number of ketones is 1. The Balaban J connectivity index is 1.93. The largest absolute Gasteiger partial charge is 0.447 e. The van der Waals surface area contributed by atoms with Crippen LogP contribution in [0.4, 0.5) is 0 Å². The molecule has 0 fully saturated rings. The zero-order valence-electron chi connectivity index (χ0n) is 12.8. The molecular formula is C18H16ClNO4. The molecule has 124 valence electrons. The van der Waals surface area contributed by atoms with E-state index < -0.39 is 18.0 Å². The van der Waals surface area contributed by atoms with Crippen molar-refractivity contribution in [2.45, 2.75) is 18.9 Å². The number of hydrogen-bond donors (Lipinski definition) is 1. The fourth-order valence-corrected chi connectivity index (χ4v) is 2.23. The molecule has 1 atom stereocenters. The molecule has 0 radical (unpaired) electrons. The van der Waals surface area contributed by atoms with Gasteiger partial charge >= 0.3 is 5.97 Å². The SMILES string of the molecule is NC(=O)C(OC(=O)CCC(=O)c1ccc(Cl)cc1)c1ccccc1. The summed E-state index contributed by atoms with van der Waals surface area (Å²) in [5, 5.41) is 0.526. The van der Waals surface area contributed by atoms with Gasteiger partial charge in [0.25, 0.3) is 5.91 Å². The van der Waals surface area contributed by atoms with Crippen molar-refractivity contribution >= 4 is 29.3 Å². The number of ether oxygens (including phenoxy) is 1. The molecule has 1 amide bonds. The van der Waals surface area contributed by atoms with Crippen LogP contribution in [0.1, 0.15) is 34.9 Å². The quantitative estimate of drug-likeness (QED) is 0.617. The maximum absolute atomic E-state index is 12.0. The summed E-state index contributed by atoms with van der Waals surface area (Å²) in [5.74, 6) is -1.64. The molecule has 0 aromatic heterocycles. The van der Waals surface area contributed by atoms with Crippen molar-refractivity contribution in [3.8, 4) is 0 Å². The van der Waals surface area contributed by atoms with Crippen LogP contribution in [0, 0.1) is 0 Å². The zero-order valence-corrected chi connectivity index (χ0v) is 13.5. The lowest BCUT2D eigenvalue weighted by Gasteiger charge is -2.14. The Morgan fingerprint density at radius 2 is 1.58 bits per heavy atom. The topological polar surface area (TPSA) is 86.5 Å². The lowest BCUT2D eigenvalue weighted by Crippen LogP contribution is -2.26. The number of rotatable bonds is 7. The van der Waals surface area contributed by atoms with Gasteiger partial charge in [0.05, 0.1) is 6.42 Å². The number of primary amides is 1. The maximum atomic E-state index is 12.0. The summed E-state index contributed by atoms with van der Waals surface area (Å²) in [6, 6.07) is 14.9. The van der Waals surface area contributed by atoms with Gasteiger partial charge in [-0.2, -0.15) is 0 Å². The van der Waals surface area contributed by atoms with E-state index >= 15 is 0 Å². The molecule has 0 aliphatic heterocycles. The van der Waals surface area contributed by atoms with Crippen LogP contribution in [0.2, 0.25) is 5.02 Å². The van der Waals surface area contributed by atoms with E-state index in [9.17, 15) is 14.4 Å². The predicted octanol–water partition coefficient (Wildman–Crippen LogP) is 3.07. The number of benzene rings is 2. The second-order valence-corrected chi connectivity index (χ2v) is 5.55. The zero-order chi connectivity index (χ0) is 17.5. The van der Waals surface area contributed by atoms with Crippen LogP contribution >= 0.6 is 11.6 Å². The summed E-state index contributed by atoms with van der Waals surface area (Å²) in [6.07, 6.45) is -1.33. The molecule has 0 saturated heterocycles. The second kappa shape index (κ2) is 8.26. The summed E-state index contributed by atoms with van der Waals surface area (Å²) >= 11 is 5.76. The molecule has 2 N–H and O–H groups in total. The number of nitrogens with two attached hydrogens (primary N) is 1. The molecule has 0 spiro atoms. The van der Waals surface area contributed by atoms with Gasteiger partial charge in [0.1, 0.15) is 0 Å². The molecule has 0 aliphatic rings. The van der Waals surface area contributed by atoms with Crippen molar-refractivity contribution in [2.24, 2.45) is 5.73 Å². The van der Waals surface area contributed by atoms with Crippen LogP contribution in [0.15, 0.2) is 54.6 Å². The predicted molar refractivity (Wildman–Crippen MR) is 89.5 cm³/mol. The van der Waals surface area contributed by atoms with Gasteiger partial charge in [0, 0.05) is 22.6 Å². The highest BCUT2D eigenvalue weighted by Gasteiger charge is 2.22. The summed E-state index contributed by atoms with van der Waals surface area (Å²) in [4.78, 5) is 35.4. The third kappa shape index (κ3) is 4.93. The first-order valence-electron chi connectivity index (χ1n) is 7.30. The first-order valence-corrected chi connectivity index (χ1v) is 7.67. The van der Waals surface area contributed by atoms with Crippen LogP contribution in [0.5, 0.6) is 0 Å². The lowest BCUT2D eigenvalue weighted by atomic mass is 10.1. The normalized spacial score (nSPS) is 11.5. The fourth-order valence-electron chi connectivity index (χ4n) is 2.10. The van der Waals surface area contributed by atoms with Gasteiger partial charge in [0.2, 0.25) is 6.10 Å². The lowest BCUT2D eigenvalue weighted by molar-refractivity contribution is -0.155. The van der Waals surface area contributed by atoms with E-state index in [1.54, 1.807) is 54.6 Å². The Hall–Kier alpha value is -2.66. The molecule has 24 heavy (non-hydrogen) atoms. The van der Waals surface area contributed by atoms with Gasteiger partial charge in [-0.25, -0.2) is 0 Å². The summed E-state index contributed by atoms with van der Waals surface area (Å²) in [7, 11) is 0. The molecule has 1 unspecified atom stereocenters. The average Bonchev–Trinajstić information content (AvgIpc) is 2.58. The Bertz CT molecular complexity index is 728. The Morgan fingerprint density at radius 1 is 0.958 bits per heavy atom. The number of Topliss-reactive ketones (excluding diaryl/α,β-unsaturated/α-hetero) is 1. The molecule has 2 aromatic carbocycles. The van der Waals surface area contributed by atoms with Gasteiger partial charge < -0.3 is 10.5 Å². The van der Waals surface area contributed by atoms with Crippen LogP contribution in [0.25, 0.3) is 0 Å².